The molecule has 0 aliphatic carbocycles. The van der Waals surface area contributed by atoms with Crippen LogP contribution in [-0.4, -0.2) is 34.8 Å². The van der Waals surface area contributed by atoms with Crippen molar-refractivity contribution >= 4 is 17.4 Å². The lowest BCUT2D eigenvalue weighted by atomic mass is 10.3. The first-order valence-corrected chi connectivity index (χ1v) is 5.92. The number of anilines is 1. The molecule has 16 heavy (non-hydrogen) atoms. The number of unbranched alkanes of at least 4 members (excludes halogenated alkanes) is 1. The molecule has 1 rings (SSSR count). The second-order valence-electron chi connectivity index (χ2n) is 3.70. The van der Waals surface area contributed by atoms with Gasteiger partial charge in [0.1, 0.15) is 5.82 Å². The van der Waals surface area contributed by atoms with Gasteiger partial charge < -0.3 is 10.0 Å². The van der Waals surface area contributed by atoms with Gasteiger partial charge in [0.2, 0.25) is 5.28 Å². The summed E-state index contributed by atoms with van der Waals surface area (Å²) in [5.41, 5.74) is 0.842. The summed E-state index contributed by atoms with van der Waals surface area (Å²) >= 11 is 5.82. The van der Waals surface area contributed by atoms with Crippen LogP contribution in [0.2, 0.25) is 5.28 Å². The number of aliphatic hydroxyl groups excluding tert-OH is 1. The Morgan fingerprint density at radius 2 is 2.12 bits per heavy atom. The maximum absolute atomic E-state index is 9.02. The first kappa shape index (κ1) is 13.2. The van der Waals surface area contributed by atoms with Crippen LogP contribution in [0.5, 0.6) is 0 Å². The zero-order valence-electron chi connectivity index (χ0n) is 9.78. The Balaban J connectivity index is 2.82. The van der Waals surface area contributed by atoms with Crippen molar-refractivity contribution in [2.45, 2.75) is 26.7 Å². The van der Waals surface area contributed by atoms with Gasteiger partial charge in [-0.1, -0.05) is 13.3 Å². The summed E-state index contributed by atoms with van der Waals surface area (Å²) in [6.07, 6.45) is 2.18. The predicted molar refractivity (Wildman–Crippen MR) is 66.0 cm³/mol. The second kappa shape index (κ2) is 6.66. The fraction of sp³-hybridized carbons (Fsp3) is 0.636. The molecule has 0 radical (unpaired) electrons. The number of hydrogen-bond acceptors (Lipinski definition) is 4. The molecule has 1 heterocycles. The molecule has 0 saturated carbocycles. The standard InChI is InChI=1S/C11H18ClN3O/c1-3-4-5-15(6-7-16)10-8-9(2)13-11(12)14-10/h8,16H,3-7H2,1-2H3. The predicted octanol–water partition coefficient (Wildman–Crippen LogP) is 2.04. The number of rotatable bonds is 6. The van der Waals surface area contributed by atoms with E-state index in [1.54, 1.807) is 0 Å². The third kappa shape index (κ3) is 3.94. The van der Waals surface area contributed by atoms with Crippen LogP contribution < -0.4 is 4.90 Å². The van der Waals surface area contributed by atoms with Gasteiger partial charge in [0.25, 0.3) is 0 Å². The summed E-state index contributed by atoms with van der Waals surface area (Å²) in [6, 6.07) is 1.89. The van der Waals surface area contributed by atoms with E-state index < -0.39 is 0 Å². The van der Waals surface area contributed by atoms with E-state index in [4.69, 9.17) is 16.7 Å². The van der Waals surface area contributed by atoms with Crippen molar-refractivity contribution in [2.75, 3.05) is 24.6 Å². The minimum Gasteiger partial charge on any atom is -0.395 e. The van der Waals surface area contributed by atoms with Crippen molar-refractivity contribution in [3.05, 3.63) is 17.0 Å². The minimum atomic E-state index is 0.115. The summed E-state index contributed by atoms with van der Waals surface area (Å²) in [6.45, 7) is 5.59. The fourth-order valence-corrected chi connectivity index (χ4v) is 1.71. The van der Waals surface area contributed by atoms with Crippen molar-refractivity contribution in [1.82, 2.24) is 9.97 Å². The van der Waals surface area contributed by atoms with E-state index in [1.807, 2.05) is 17.9 Å². The summed E-state index contributed by atoms with van der Waals surface area (Å²) in [7, 11) is 0. The highest BCUT2D eigenvalue weighted by atomic mass is 35.5. The van der Waals surface area contributed by atoms with Crippen LogP contribution in [0.15, 0.2) is 6.07 Å². The van der Waals surface area contributed by atoms with Crippen molar-refractivity contribution in [3.63, 3.8) is 0 Å². The first-order valence-electron chi connectivity index (χ1n) is 5.54. The van der Waals surface area contributed by atoms with Crippen molar-refractivity contribution < 1.29 is 5.11 Å². The molecule has 0 aliphatic heterocycles. The van der Waals surface area contributed by atoms with E-state index in [-0.39, 0.29) is 11.9 Å². The first-order chi connectivity index (χ1) is 7.67. The van der Waals surface area contributed by atoms with Crippen LogP contribution in [0.25, 0.3) is 0 Å². The largest absolute Gasteiger partial charge is 0.395 e. The summed E-state index contributed by atoms with van der Waals surface area (Å²) < 4.78 is 0. The highest BCUT2D eigenvalue weighted by molar-refractivity contribution is 6.28. The van der Waals surface area contributed by atoms with Gasteiger partial charge in [0, 0.05) is 24.8 Å². The third-order valence-electron chi connectivity index (χ3n) is 2.29. The van der Waals surface area contributed by atoms with Gasteiger partial charge >= 0.3 is 0 Å². The van der Waals surface area contributed by atoms with E-state index >= 15 is 0 Å². The molecule has 0 unspecified atom stereocenters. The Labute approximate surface area is 101 Å². The molecule has 1 aromatic heterocycles. The maximum Gasteiger partial charge on any atom is 0.224 e. The molecule has 0 bridgehead atoms. The van der Waals surface area contributed by atoms with Gasteiger partial charge in [0.05, 0.1) is 6.61 Å². The van der Waals surface area contributed by atoms with E-state index in [0.717, 1.165) is 30.9 Å². The SMILES string of the molecule is CCCCN(CCO)c1cc(C)nc(Cl)n1. The molecule has 0 fully saturated rings. The Bertz CT molecular complexity index is 313. The Hall–Kier alpha value is -0.870. The number of nitrogens with zero attached hydrogens (tertiary/aromatic N) is 3. The monoisotopic (exact) mass is 243 g/mol. The average Bonchev–Trinajstić information content (AvgIpc) is 2.22. The van der Waals surface area contributed by atoms with E-state index in [9.17, 15) is 0 Å². The molecule has 0 aromatic carbocycles. The summed E-state index contributed by atoms with van der Waals surface area (Å²) in [4.78, 5) is 10.2. The molecule has 0 aliphatic rings. The fourth-order valence-electron chi connectivity index (χ4n) is 1.49. The van der Waals surface area contributed by atoms with Gasteiger partial charge in [-0.2, -0.15) is 0 Å². The van der Waals surface area contributed by atoms with Crippen LogP contribution in [0, 0.1) is 6.92 Å². The van der Waals surface area contributed by atoms with Gasteiger partial charge in [-0.3, -0.25) is 0 Å². The van der Waals surface area contributed by atoms with Crippen LogP contribution in [0.4, 0.5) is 5.82 Å². The van der Waals surface area contributed by atoms with E-state index in [0.29, 0.717) is 6.54 Å². The Morgan fingerprint density at radius 3 is 2.69 bits per heavy atom. The summed E-state index contributed by atoms with van der Waals surface area (Å²) in [5.74, 6) is 0.792. The molecule has 1 N–H and O–H groups in total. The lowest BCUT2D eigenvalue weighted by molar-refractivity contribution is 0.301. The van der Waals surface area contributed by atoms with E-state index in [2.05, 4.69) is 16.9 Å². The molecule has 0 saturated heterocycles. The summed E-state index contributed by atoms with van der Waals surface area (Å²) in [5, 5.41) is 9.28. The number of hydrogen-bond donors (Lipinski definition) is 1. The minimum absolute atomic E-state index is 0.115. The molecule has 5 heteroatoms. The zero-order chi connectivity index (χ0) is 12.0. The van der Waals surface area contributed by atoms with Gasteiger partial charge in [-0.15, -0.1) is 0 Å². The quantitative estimate of drug-likeness (QED) is 0.777. The number of aromatic nitrogens is 2. The van der Waals surface area contributed by atoms with Crippen LogP contribution in [-0.2, 0) is 0 Å². The number of aliphatic hydroxyl groups is 1. The third-order valence-corrected chi connectivity index (χ3v) is 2.46. The molecule has 0 spiro atoms. The second-order valence-corrected chi connectivity index (χ2v) is 4.04. The van der Waals surface area contributed by atoms with Crippen molar-refractivity contribution in [1.29, 1.82) is 0 Å². The molecule has 90 valence electrons. The average molecular weight is 244 g/mol. The van der Waals surface area contributed by atoms with Crippen LogP contribution >= 0.6 is 11.6 Å². The lowest BCUT2D eigenvalue weighted by Crippen LogP contribution is -2.28. The molecule has 1 aromatic rings. The van der Waals surface area contributed by atoms with Crippen molar-refractivity contribution in [2.24, 2.45) is 0 Å². The highest BCUT2D eigenvalue weighted by Gasteiger charge is 2.08. The molecule has 0 amide bonds. The van der Waals surface area contributed by atoms with Crippen molar-refractivity contribution in [3.8, 4) is 0 Å². The molecule has 4 nitrogen and oxygen atoms in total. The van der Waals surface area contributed by atoms with Gasteiger partial charge in [-0.25, -0.2) is 9.97 Å². The number of halogens is 1. The molecular formula is C11H18ClN3O. The Morgan fingerprint density at radius 1 is 1.38 bits per heavy atom. The Kier molecular flexibility index (Phi) is 5.49. The van der Waals surface area contributed by atoms with Gasteiger partial charge in [0.15, 0.2) is 0 Å². The lowest BCUT2D eigenvalue weighted by Gasteiger charge is -2.22. The maximum atomic E-state index is 9.02. The molecular weight excluding hydrogens is 226 g/mol. The van der Waals surface area contributed by atoms with Crippen LogP contribution in [0.3, 0.4) is 0 Å². The van der Waals surface area contributed by atoms with E-state index in [1.165, 1.54) is 0 Å². The highest BCUT2D eigenvalue weighted by Crippen LogP contribution is 2.15. The smallest absolute Gasteiger partial charge is 0.224 e. The number of aryl methyl sites for hydroxylation is 1. The van der Waals surface area contributed by atoms with Crippen LogP contribution in [0.1, 0.15) is 25.5 Å². The van der Waals surface area contributed by atoms with Gasteiger partial charge in [-0.05, 0) is 24.9 Å². The molecule has 0 atom stereocenters. The zero-order valence-corrected chi connectivity index (χ0v) is 10.5. The topological polar surface area (TPSA) is 49.2 Å². The normalized spacial score (nSPS) is 10.5.